The normalized spacial score (nSPS) is 11.9. The number of hydrogen-bond acceptors (Lipinski definition) is 3. The molecule has 2 aromatic rings. The van der Waals surface area contributed by atoms with Crippen LogP contribution in [0.2, 0.25) is 5.02 Å². The molecule has 0 saturated heterocycles. The number of benzene rings is 2. The summed E-state index contributed by atoms with van der Waals surface area (Å²) >= 11 is 5.84. The first-order chi connectivity index (χ1) is 11.4. The Morgan fingerprint density at radius 3 is 2.29 bits per heavy atom. The van der Waals surface area contributed by atoms with Crippen molar-refractivity contribution in [1.29, 1.82) is 0 Å². The summed E-state index contributed by atoms with van der Waals surface area (Å²) in [5.74, 6) is 1.18. The van der Waals surface area contributed by atoms with Gasteiger partial charge in [0, 0.05) is 10.6 Å². The van der Waals surface area contributed by atoms with E-state index in [-0.39, 0.29) is 18.1 Å². The third-order valence-electron chi connectivity index (χ3n) is 3.50. The molecule has 1 atom stereocenters. The predicted molar refractivity (Wildman–Crippen MR) is 96.1 cm³/mol. The van der Waals surface area contributed by atoms with E-state index >= 15 is 0 Å². The Balaban J connectivity index is 2.12. The van der Waals surface area contributed by atoms with Gasteiger partial charge in [0.1, 0.15) is 0 Å². The molecule has 0 fully saturated rings. The molecule has 0 saturated carbocycles. The van der Waals surface area contributed by atoms with Crippen LogP contribution >= 0.6 is 11.6 Å². The zero-order chi connectivity index (χ0) is 17.7. The lowest BCUT2D eigenvalue weighted by molar-refractivity contribution is 0.0940. The summed E-state index contributed by atoms with van der Waals surface area (Å²) in [7, 11) is 1.60. The molecular weight excluding hydrogens is 326 g/mol. The van der Waals surface area contributed by atoms with Crippen LogP contribution in [0.3, 0.4) is 0 Å². The quantitative estimate of drug-likeness (QED) is 0.829. The van der Waals surface area contributed by atoms with Gasteiger partial charge in [-0.1, -0.05) is 17.7 Å². The topological polar surface area (TPSA) is 47.6 Å². The number of ether oxygens (including phenoxy) is 2. The Labute approximate surface area is 147 Å². The molecule has 0 aliphatic rings. The highest BCUT2D eigenvalue weighted by Gasteiger charge is 2.14. The number of hydrogen-bond donors (Lipinski definition) is 1. The minimum atomic E-state index is -0.171. The Kier molecular flexibility index (Phi) is 6.10. The Hall–Kier alpha value is -2.20. The molecule has 2 rings (SSSR count). The van der Waals surface area contributed by atoms with Crippen LogP contribution in [-0.4, -0.2) is 19.1 Å². The van der Waals surface area contributed by atoms with Gasteiger partial charge in [0.15, 0.2) is 11.5 Å². The largest absolute Gasteiger partial charge is 0.493 e. The van der Waals surface area contributed by atoms with Gasteiger partial charge in [-0.3, -0.25) is 4.79 Å². The van der Waals surface area contributed by atoms with Gasteiger partial charge in [-0.15, -0.1) is 0 Å². The van der Waals surface area contributed by atoms with E-state index in [1.165, 1.54) is 0 Å². The van der Waals surface area contributed by atoms with Crippen LogP contribution in [0, 0.1) is 0 Å². The Bertz CT molecular complexity index is 698. The lowest BCUT2D eigenvalue weighted by Gasteiger charge is -2.18. The zero-order valence-electron chi connectivity index (χ0n) is 14.3. The van der Waals surface area contributed by atoms with Crippen LogP contribution in [-0.2, 0) is 0 Å². The van der Waals surface area contributed by atoms with Crippen molar-refractivity contribution >= 4 is 17.5 Å². The van der Waals surface area contributed by atoms with Crippen LogP contribution in [0.25, 0.3) is 0 Å². The summed E-state index contributed by atoms with van der Waals surface area (Å²) in [6.45, 7) is 5.84. The van der Waals surface area contributed by atoms with E-state index in [1.807, 2.05) is 39.0 Å². The summed E-state index contributed by atoms with van der Waals surface area (Å²) in [5.41, 5.74) is 1.50. The standard InChI is InChI=1S/C19H22ClNO3/c1-12(2)24-17-10-7-15(11-18(17)23-4)13(3)21-19(22)14-5-8-16(20)9-6-14/h5-13H,1-4H3,(H,21,22). The third-order valence-corrected chi connectivity index (χ3v) is 3.76. The van der Waals surface area contributed by atoms with Gasteiger partial charge in [-0.05, 0) is 62.7 Å². The summed E-state index contributed by atoms with van der Waals surface area (Å²) in [6.07, 6.45) is 0.0618. The van der Waals surface area contributed by atoms with Gasteiger partial charge in [0.2, 0.25) is 0 Å². The van der Waals surface area contributed by atoms with Crippen molar-refractivity contribution < 1.29 is 14.3 Å². The highest BCUT2D eigenvalue weighted by Crippen LogP contribution is 2.31. The molecule has 0 bridgehead atoms. The smallest absolute Gasteiger partial charge is 0.251 e. The highest BCUT2D eigenvalue weighted by molar-refractivity contribution is 6.30. The van der Waals surface area contributed by atoms with Gasteiger partial charge in [0.05, 0.1) is 19.3 Å². The number of rotatable bonds is 6. The van der Waals surface area contributed by atoms with Crippen molar-refractivity contribution in [3.05, 3.63) is 58.6 Å². The van der Waals surface area contributed by atoms with Crippen molar-refractivity contribution in [2.75, 3.05) is 7.11 Å². The molecular formula is C19H22ClNO3. The summed E-state index contributed by atoms with van der Waals surface area (Å²) in [4.78, 5) is 12.3. The van der Waals surface area contributed by atoms with Gasteiger partial charge in [-0.25, -0.2) is 0 Å². The molecule has 128 valence electrons. The lowest BCUT2D eigenvalue weighted by atomic mass is 10.1. The number of nitrogens with one attached hydrogen (secondary N) is 1. The average Bonchev–Trinajstić information content (AvgIpc) is 2.55. The van der Waals surface area contributed by atoms with E-state index in [4.69, 9.17) is 21.1 Å². The highest BCUT2D eigenvalue weighted by atomic mass is 35.5. The SMILES string of the molecule is COc1cc(C(C)NC(=O)c2ccc(Cl)cc2)ccc1OC(C)C. The minimum absolute atomic E-state index is 0.0618. The molecule has 0 aromatic heterocycles. The molecule has 0 heterocycles. The molecule has 1 N–H and O–H groups in total. The van der Waals surface area contributed by atoms with Crippen molar-refractivity contribution in [3.8, 4) is 11.5 Å². The van der Waals surface area contributed by atoms with Gasteiger partial charge in [0.25, 0.3) is 5.91 Å². The van der Waals surface area contributed by atoms with E-state index in [0.29, 0.717) is 22.1 Å². The predicted octanol–water partition coefficient (Wildman–Crippen LogP) is 4.63. The first-order valence-corrected chi connectivity index (χ1v) is 8.19. The second-order valence-electron chi connectivity index (χ2n) is 5.78. The fourth-order valence-corrected chi connectivity index (χ4v) is 2.40. The van der Waals surface area contributed by atoms with Gasteiger partial charge in [-0.2, -0.15) is 0 Å². The maximum Gasteiger partial charge on any atom is 0.251 e. The number of carbonyl (C=O) groups is 1. The second kappa shape index (κ2) is 8.06. The van der Waals surface area contributed by atoms with E-state index in [9.17, 15) is 4.79 Å². The first-order valence-electron chi connectivity index (χ1n) is 7.81. The number of halogens is 1. The molecule has 0 radical (unpaired) electrons. The molecule has 2 aromatic carbocycles. The fraction of sp³-hybridized carbons (Fsp3) is 0.316. The summed E-state index contributed by atoms with van der Waals surface area (Å²) in [5, 5.41) is 3.57. The molecule has 1 unspecified atom stereocenters. The Morgan fingerprint density at radius 1 is 1.04 bits per heavy atom. The maximum absolute atomic E-state index is 12.3. The first kappa shape index (κ1) is 18.1. The van der Waals surface area contributed by atoms with Crippen molar-refractivity contribution in [2.24, 2.45) is 0 Å². The van der Waals surface area contributed by atoms with E-state index < -0.39 is 0 Å². The molecule has 0 aliphatic heterocycles. The summed E-state index contributed by atoms with van der Waals surface area (Å²) < 4.78 is 11.1. The fourth-order valence-electron chi connectivity index (χ4n) is 2.27. The number of carbonyl (C=O) groups excluding carboxylic acids is 1. The molecule has 0 aliphatic carbocycles. The van der Waals surface area contributed by atoms with Crippen LogP contribution in [0.5, 0.6) is 11.5 Å². The van der Waals surface area contributed by atoms with Crippen LogP contribution < -0.4 is 14.8 Å². The maximum atomic E-state index is 12.3. The van der Waals surface area contributed by atoms with E-state index in [1.54, 1.807) is 31.4 Å². The zero-order valence-corrected chi connectivity index (χ0v) is 15.1. The van der Waals surface area contributed by atoms with Gasteiger partial charge >= 0.3 is 0 Å². The molecule has 4 nitrogen and oxygen atoms in total. The molecule has 0 spiro atoms. The van der Waals surface area contributed by atoms with Crippen LogP contribution in [0.1, 0.15) is 42.7 Å². The average molecular weight is 348 g/mol. The third kappa shape index (κ3) is 4.65. The van der Waals surface area contributed by atoms with E-state index in [0.717, 1.165) is 5.56 Å². The molecule has 24 heavy (non-hydrogen) atoms. The van der Waals surface area contributed by atoms with Crippen molar-refractivity contribution in [3.63, 3.8) is 0 Å². The van der Waals surface area contributed by atoms with E-state index in [2.05, 4.69) is 5.32 Å². The van der Waals surface area contributed by atoms with Crippen molar-refractivity contribution in [1.82, 2.24) is 5.32 Å². The Morgan fingerprint density at radius 2 is 1.71 bits per heavy atom. The number of amides is 1. The molecule has 5 heteroatoms. The molecule has 1 amide bonds. The monoisotopic (exact) mass is 347 g/mol. The second-order valence-corrected chi connectivity index (χ2v) is 6.22. The van der Waals surface area contributed by atoms with Crippen LogP contribution in [0.15, 0.2) is 42.5 Å². The van der Waals surface area contributed by atoms with Crippen molar-refractivity contribution in [2.45, 2.75) is 32.9 Å². The summed E-state index contributed by atoms with van der Waals surface area (Å²) in [6, 6.07) is 12.3. The lowest BCUT2D eigenvalue weighted by Crippen LogP contribution is -2.26. The van der Waals surface area contributed by atoms with Gasteiger partial charge < -0.3 is 14.8 Å². The van der Waals surface area contributed by atoms with Crippen LogP contribution in [0.4, 0.5) is 0 Å². The number of methoxy groups -OCH3 is 1. The minimum Gasteiger partial charge on any atom is -0.493 e.